The number of amides is 2. The Morgan fingerprint density at radius 1 is 1.13 bits per heavy atom. The number of nitrogens with zero attached hydrogens (tertiary/aromatic N) is 4. The summed E-state index contributed by atoms with van der Waals surface area (Å²) in [7, 11) is 0. The minimum absolute atomic E-state index is 0.0390. The average molecular weight is 439 g/mol. The highest BCUT2D eigenvalue weighted by molar-refractivity contribution is 5.96. The summed E-state index contributed by atoms with van der Waals surface area (Å²) in [4.78, 5) is 27.6. The molecule has 31 heavy (non-hydrogen) atoms. The summed E-state index contributed by atoms with van der Waals surface area (Å²) in [6.07, 6.45) is -3.75. The molecule has 0 bridgehead atoms. The smallest absolute Gasteiger partial charge is 0.351 e. The van der Waals surface area contributed by atoms with Crippen molar-refractivity contribution < 1.29 is 27.2 Å². The Balaban J connectivity index is 1.76. The van der Waals surface area contributed by atoms with Gasteiger partial charge in [-0.15, -0.1) is 10.2 Å². The van der Waals surface area contributed by atoms with Gasteiger partial charge < -0.3 is 15.1 Å². The summed E-state index contributed by atoms with van der Waals surface area (Å²) in [5, 5.41) is 10.6. The highest BCUT2D eigenvalue weighted by atomic mass is 19.4. The topological polar surface area (TPSA) is 78.4 Å². The summed E-state index contributed by atoms with van der Waals surface area (Å²) >= 11 is 0. The molecule has 2 aromatic rings. The van der Waals surface area contributed by atoms with E-state index in [9.17, 15) is 27.2 Å². The molecule has 0 atom stereocenters. The Morgan fingerprint density at radius 2 is 1.90 bits per heavy atom. The zero-order chi connectivity index (χ0) is 22.6. The van der Waals surface area contributed by atoms with Gasteiger partial charge in [0.25, 0.3) is 11.8 Å². The quantitative estimate of drug-likeness (QED) is 0.725. The number of hydrogen-bond donors (Lipinski definition) is 1. The van der Waals surface area contributed by atoms with Crippen LogP contribution in [0, 0.1) is 5.82 Å². The van der Waals surface area contributed by atoms with Gasteiger partial charge in [0.05, 0.1) is 12.2 Å². The number of nitrogens with one attached hydrogen (secondary N) is 1. The van der Waals surface area contributed by atoms with E-state index in [0.717, 1.165) is 18.6 Å². The van der Waals surface area contributed by atoms with Gasteiger partial charge in [-0.05, 0) is 37.1 Å². The van der Waals surface area contributed by atoms with E-state index in [1.807, 2.05) is 6.92 Å². The fourth-order valence-electron chi connectivity index (χ4n) is 3.26. The molecule has 0 unspecified atom stereocenters. The Bertz CT molecular complexity index is 950. The van der Waals surface area contributed by atoms with E-state index in [2.05, 4.69) is 15.5 Å². The van der Waals surface area contributed by atoms with Crippen molar-refractivity contribution in [3.63, 3.8) is 0 Å². The first-order valence-electron chi connectivity index (χ1n) is 9.74. The molecule has 2 heterocycles. The van der Waals surface area contributed by atoms with Crippen molar-refractivity contribution >= 4 is 17.6 Å². The molecular weight excluding hydrogens is 418 g/mol. The third-order valence-electron chi connectivity index (χ3n) is 4.75. The molecule has 1 saturated heterocycles. The van der Waals surface area contributed by atoms with Gasteiger partial charge >= 0.3 is 6.18 Å². The van der Waals surface area contributed by atoms with E-state index in [1.54, 1.807) is 11.0 Å². The van der Waals surface area contributed by atoms with Crippen LogP contribution in [-0.2, 0) is 6.18 Å². The van der Waals surface area contributed by atoms with Crippen LogP contribution in [0.2, 0.25) is 0 Å². The van der Waals surface area contributed by atoms with Crippen molar-refractivity contribution in [1.82, 2.24) is 20.4 Å². The van der Waals surface area contributed by atoms with Gasteiger partial charge in [0.2, 0.25) is 0 Å². The molecule has 11 heteroatoms. The molecule has 0 aliphatic carbocycles. The number of hydrogen-bond acceptors (Lipinski definition) is 5. The lowest BCUT2D eigenvalue weighted by Gasteiger charge is -2.36. The second-order valence-corrected chi connectivity index (χ2v) is 7.02. The molecule has 1 fully saturated rings. The molecular formula is C20H21F4N5O2. The number of benzene rings is 1. The van der Waals surface area contributed by atoms with Gasteiger partial charge in [-0.1, -0.05) is 13.0 Å². The Kier molecular flexibility index (Phi) is 6.71. The predicted octanol–water partition coefficient (Wildman–Crippen LogP) is 3.08. The number of rotatable bonds is 5. The van der Waals surface area contributed by atoms with E-state index >= 15 is 0 Å². The van der Waals surface area contributed by atoms with Crippen LogP contribution in [0.5, 0.6) is 0 Å². The van der Waals surface area contributed by atoms with Gasteiger partial charge in [-0.2, -0.15) is 13.2 Å². The van der Waals surface area contributed by atoms with Crippen LogP contribution in [0.25, 0.3) is 0 Å². The largest absolute Gasteiger partial charge is 0.420 e. The number of anilines is 1. The van der Waals surface area contributed by atoms with Crippen LogP contribution < -0.4 is 10.2 Å². The summed E-state index contributed by atoms with van der Waals surface area (Å²) in [6.45, 7) is 3.09. The molecule has 1 N–H and O–H groups in total. The lowest BCUT2D eigenvalue weighted by Crippen LogP contribution is -2.48. The molecule has 1 aromatic heterocycles. The molecule has 0 spiro atoms. The van der Waals surface area contributed by atoms with Gasteiger partial charge in [-0.3, -0.25) is 9.59 Å². The Hall–Kier alpha value is -3.24. The normalized spacial score (nSPS) is 14.5. The summed E-state index contributed by atoms with van der Waals surface area (Å²) in [5.74, 6) is -2.39. The minimum atomic E-state index is -4.99. The number of carbonyl (C=O) groups excluding carboxylic acids is 2. The fourth-order valence-corrected chi connectivity index (χ4v) is 3.26. The van der Waals surface area contributed by atoms with Gasteiger partial charge in [0.1, 0.15) is 11.4 Å². The maximum atomic E-state index is 13.8. The van der Waals surface area contributed by atoms with Crippen LogP contribution >= 0.6 is 0 Å². The SMILES string of the molecule is CCCNC(=O)c1ccc(N2CCCN(C(=O)c3cccc(F)c3C(F)(F)F)C2)nn1. The zero-order valence-corrected chi connectivity index (χ0v) is 16.7. The monoisotopic (exact) mass is 439 g/mol. The standard InChI is InChI=1S/C20H21F4N5O2/c1-2-9-25-18(30)15-7-8-16(27-26-15)28-10-4-11-29(12-28)19(31)13-5-3-6-14(21)17(13)20(22,23)24/h3,5-8H,2,4,9-12H2,1H3,(H,25,30). The Morgan fingerprint density at radius 3 is 2.55 bits per heavy atom. The van der Waals surface area contributed by atoms with Gasteiger partial charge in [0.15, 0.2) is 11.5 Å². The van der Waals surface area contributed by atoms with Crippen LogP contribution in [0.3, 0.4) is 0 Å². The number of halogens is 4. The molecule has 2 amide bonds. The highest BCUT2D eigenvalue weighted by Crippen LogP contribution is 2.34. The fraction of sp³-hybridized carbons (Fsp3) is 0.400. The molecule has 7 nitrogen and oxygen atoms in total. The first-order chi connectivity index (χ1) is 14.7. The molecule has 1 aliphatic heterocycles. The van der Waals surface area contributed by atoms with E-state index in [4.69, 9.17) is 0 Å². The number of carbonyl (C=O) groups is 2. The highest BCUT2D eigenvalue weighted by Gasteiger charge is 2.39. The summed E-state index contributed by atoms with van der Waals surface area (Å²) in [6, 6.07) is 5.77. The predicted molar refractivity (Wildman–Crippen MR) is 104 cm³/mol. The van der Waals surface area contributed by atoms with Crippen molar-refractivity contribution in [1.29, 1.82) is 0 Å². The van der Waals surface area contributed by atoms with Crippen molar-refractivity contribution in [3.8, 4) is 0 Å². The summed E-state index contributed by atoms with van der Waals surface area (Å²) < 4.78 is 53.7. The average Bonchev–Trinajstić information content (AvgIpc) is 2.76. The first-order valence-corrected chi connectivity index (χ1v) is 9.74. The van der Waals surface area contributed by atoms with Crippen LogP contribution in [0.4, 0.5) is 23.4 Å². The molecule has 1 aliphatic rings. The van der Waals surface area contributed by atoms with Crippen LogP contribution in [0.15, 0.2) is 30.3 Å². The molecule has 1 aromatic carbocycles. The number of alkyl halides is 3. The molecule has 0 saturated carbocycles. The second-order valence-electron chi connectivity index (χ2n) is 7.02. The maximum Gasteiger partial charge on any atom is 0.420 e. The Labute approximate surface area is 176 Å². The second kappa shape index (κ2) is 9.27. The van der Waals surface area contributed by atoms with E-state index in [-0.39, 0.29) is 24.8 Å². The summed E-state index contributed by atoms with van der Waals surface area (Å²) in [5.41, 5.74) is -2.17. The molecule has 166 valence electrons. The van der Waals surface area contributed by atoms with E-state index in [1.165, 1.54) is 11.0 Å². The van der Waals surface area contributed by atoms with Gasteiger partial charge in [-0.25, -0.2) is 4.39 Å². The van der Waals surface area contributed by atoms with Gasteiger partial charge in [0, 0.05) is 19.6 Å². The van der Waals surface area contributed by atoms with Crippen molar-refractivity contribution in [2.45, 2.75) is 25.9 Å². The maximum absolute atomic E-state index is 13.8. The van der Waals surface area contributed by atoms with E-state index < -0.39 is 29.0 Å². The first kappa shape index (κ1) is 22.4. The van der Waals surface area contributed by atoms with E-state index in [0.29, 0.717) is 31.4 Å². The third kappa shape index (κ3) is 5.09. The molecule has 0 radical (unpaired) electrons. The van der Waals surface area contributed by atoms with Crippen molar-refractivity contribution in [2.75, 3.05) is 31.2 Å². The number of aromatic nitrogens is 2. The molecule has 3 rings (SSSR count). The van der Waals surface area contributed by atoms with Crippen LogP contribution in [-0.4, -0.2) is 53.2 Å². The lowest BCUT2D eigenvalue weighted by molar-refractivity contribution is -0.140. The zero-order valence-electron chi connectivity index (χ0n) is 16.7. The van der Waals surface area contributed by atoms with Crippen LogP contribution in [0.1, 0.15) is 46.2 Å². The van der Waals surface area contributed by atoms with Crippen molar-refractivity contribution in [3.05, 3.63) is 53.0 Å². The minimum Gasteiger partial charge on any atom is -0.351 e. The lowest BCUT2D eigenvalue weighted by atomic mass is 10.0. The van der Waals surface area contributed by atoms with Crippen molar-refractivity contribution in [2.24, 2.45) is 0 Å². The third-order valence-corrected chi connectivity index (χ3v) is 4.75.